The van der Waals surface area contributed by atoms with Crippen LogP contribution in [0.15, 0.2) is 78.2 Å². The first kappa shape index (κ1) is 16.1. The van der Waals surface area contributed by atoms with Crippen LogP contribution in [0.2, 0.25) is 0 Å². The molecule has 0 atom stereocenters. The van der Waals surface area contributed by atoms with Crippen LogP contribution < -0.4 is 5.01 Å². The predicted molar refractivity (Wildman–Crippen MR) is 99.3 cm³/mol. The van der Waals surface area contributed by atoms with Gasteiger partial charge >= 0.3 is 0 Å². The fourth-order valence-electron chi connectivity index (χ4n) is 2.94. The highest BCUT2D eigenvalue weighted by Crippen LogP contribution is 2.24. The summed E-state index contributed by atoms with van der Waals surface area (Å²) in [5, 5.41) is 5.98. The summed E-state index contributed by atoms with van der Waals surface area (Å²) in [5.74, 6) is -0.273. The van der Waals surface area contributed by atoms with Crippen molar-refractivity contribution in [1.82, 2.24) is 4.98 Å². The Morgan fingerprint density at radius 2 is 1.35 bits per heavy atom. The number of amides is 1. The normalized spacial score (nSPS) is 14.3. The second kappa shape index (κ2) is 6.88. The van der Waals surface area contributed by atoms with E-state index in [1.807, 2.05) is 24.3 Å². The van der Waals surface area contributed by atoms with E-state index in [9.17, 15) is 9.18 Å². The highest BCUT2D eigenvalue weighted by atomic mass is 19.1. The van der Waals surface area contributed by atoms with E-state index in [1.54, 1.807) is 36.7 Å². The molecule has 1 amide bonds. The molecule has 0 unspecified atom stereocenters. The Morgan fingerprint density at radius 3 is 2.00 bits per heavy atom. The van der Waals surface area contributed by atoms with Crippen molar-refractivity contribution in [1.29, 1.82) is 0 Å². The van der Waals surface area contributed by atoms with E-state index >= 15 is 0 Å². The molecule has 1 aromatic heterocycles. The molecule has 26 heavy (non-hydrogen) atoms. The minimum absolute atomic E-state index is 0.0251. The van der Waals surface area contributed by atoms with Crippen molar-refractivity contribution >= 4 is 17.3 Å². The van der Waals surface area contributed by atoms with Crippen LogP contribution in [0.5, 0.6) is 0 Å². The Hall–Kier alpha value is -3.34. The number of halogens is 1. The average Bonchev–Trinajstić information content (AvgIpc) is 2.70. The SMILES string of the molecule is O=C1CCC(c2ccc(-c3ccc(F)cc3)cc2)=NN1c1ccncc1. The minimum atomic E-state index is -0.247. The van der Waals surface area contributed by atoms with Crippen LogP contribution in [0.25, 0.3) is 11.1 Å². The second-order valence-corrected chi connectivity index (χ2v) is 6.04. The van der Waals surface area contributed by atoms with Crippen LogP contribution in [0.3, 0.4) is 0 Å². The van der Waals surface area contributed by atoms with E-state index in [0.29, 0.717) is 18.5 Å². The molecule has 4 rings (SSSR count). The number of rotatable bonds is 3. The van der Waals surface area contributed by atoms with Gasteiger partial charge in [0.15, 0.2) is 0 Å². The molecule has 3 aromatic rings. The third-order valence-electron chi connectivity index (χ3n) is 4.34. The Morgan fingerprint density at radius 1 is 0.769 bits per heavy atom. The highest BCUT2D eigenvalue weighted by Gasteiger charge is 2.22. The summed E-state index contributed by atoms with van der Waals surface area (Å²) in [6.07, 6.45) is 4.31. The lowest BCUT2D eigenvalue weighted by Crippen LogP contribution is -2.31. The molecule has 2 heterocycles. The molecule has 0 aliphatic carbocycles. The lowest BCUT2D eigenvalue weighted by Gasteiger charge is -2.23. The van der Waals surface area contributed by atoms with Gasteiger partial charge in [0.2, 0.25) is 5.91 Å². The van der Waals surface area contributed by atoms with Crippen molar-refractivity contribution in [3.8, 4) is 11.1 Å². The molecule has 2 aromatic carbocycles. The fourth-order valence-corrected chi connectivity index (χ4v) is 2.94. The first-order chi connectivity index (χ1) is 12.7. The number of benzene rings is 2. The molecule has 0 radical (unpaired) electrons. The van der Waals surface area contributed by atoms with Crippen LogP contribution in [-0.2, 0) is 4.79 Å². The van der Waals surface area contributed by atoms with Crippen LogP contribution in [0, 0.1) is 5.82 Å². The second-order valence-electron chi connectivity index (χ2n) is 6.04. The standard InChI is InChI=1S/C21H16FN3O/c22-18-7-5-16(6-8-18)15-1-3-17(4-2-15)20-9-10-21(26)25(24-20)19-11-13-23-14-12-19/h1-8,11-14H,9-10H2. The van der Waals surface area contributed by atoms with Gasteiger partial charge < -0.3 is 0 Å². The largest absolute Gasteiger partial charge is 0.273 e. The van der Waals surface area contributed by atoms with Gasteiger partial charge in [0.05, 0.1) is 11.4 Å². The van der Waals surface area contributed by atoms with E-state index in [1.165, 1.54) is 17.1 Å². The number of aromatic nitrogens is 1. The van der Waals surface area contributed by atoms with Crippen LogP contribution in [0.4, 0.5) is 10.1 Å². The van der Waals surface area contributed by atoms with Crippen LogP contribution >= 0.6 is 0 Å². The maximum absolute atomic E-state index is 13.1. The highest BCUT2D eigenvalue weighted by molar-refractivity contribution is 6.08. The summed E-state index contributed by atoms with van der Waals surface area (Å²) in [6.45, 7) is 0. The number of carbonyl (C=O) groups excluding carboxylic acids is 1. The van der Waals surface area contributed by atoms with Crippen molar-refractivity contribution in [3.05, 3.63) is 84.4 Å². The van der Waals surface area contributed by atoms with E-state index in [4.69, 9.17) is 0 Å². The lowest BCUT2D eigenvalue weighted by molar-refractivity contribution is -0.118. The zero-order valence-electron chi connectivity index (χ0n) is 14.0. The Kier molecular flexibility index (Phi) is 4.27. The Bertz CT molecular complexity index is 951. The molecule has 1 aliphatic rings. The molecule has 0 bridgehead atoms. The van der Waals surface area contributed by atoms with Gasteiger partial charge in [-0.15, -0.1) is 0 Å². The van der Waals surface area contributed by atoms with Gasteiger partial charge in [-0.2, -0.15) is 5.10 Å². The number of carbonyl (C=O) groups is 1. The number of hydrogen-bond acceptors (Lipinski definition) is 3. The molecule has 0 N–H and O–H groups in total. The zero-order valence-corrected chi connectivity index (χ0v) is 14.0. The summed E-state index contributed by atoms with van der Waals surface area (Å²) in [4.78, 5) is 16.2. The number of hydrogen-bond donors (Lipinski definition) is 0. The smallest absolute Gasteiger partial charge is 0.247 e. The van der Waals surface area contributed by atoms with Gasteiger partial charge in [-0.1, -0.05) is 36.4 Å². The Balaban J connectivity index is 1.62. The van der Waals surface area contributed by atoms with Gasteiger partial charge in [0, 0.05) is 25.2 Å². The van der Waals surface area contributed by atoms with E-state index in [2.05, 4.69) is 10.1 Å². The van der Waals surface area contributed by atoms with E-state index in [-0.39, 0.29) is 11.7 Å². The average molecular weight is 345 g/mol. The maximum Gasteiger partial charge on any atom is 0.247 e. The maximum atomic E-state index is 13.1. The van der Waals surface area contributed by atoms with Gasteiger partial charge in [-0.05, 0) is 41.0 Å². The first-order valence-corrected chi connectivity index (χ1v) is 8.37. The summed E-state index contributed by atoms with van der Waals surface area (Å²) in [6, 6.07) is 17.9. The molecule has 0 fully saturated rings. The zero-order chi connectivity index (χ0) is 17.9. The van der Waals surface area contributed by atoms with E-state index in [0.717, 1.165) is 22.4 Å². The molecule has 4 nitrogen and oxygen atoms in total. The molecule has 128 valence electrons. The molecular formula is C21H16FN3O. The minimum Gasteiger partial charge on any atom is -0.273 e. The van der Waals surface area contributed by atoms with Crippen molar-refractivity contribution in [2.75, 3.05) is 5.01 Å². The van der Waals surface area contributed by atoms with Crippen molar-refractivity contribution in [2.45, 2.75) is 12.8 Å². The number of nitrogens with zero attached hydrogens (tertiary/aromatic N) is 3. The van der Waals surface area contributed by atoms with Crippen molar-refractivity contribution in [2.24, 2.45) is 5.10 Å². The molecule has 5 heteroatoms. The van der Waals surface area contributed by atoms with Crippen LogP contribution in [0.1, 0.15) is 18.4 Å². The molecule has 0 saturated carbocycles. The summed E-state index contributed by atoms with van der Waals surface area (Å²) in [5.41, 5.74) is 4.52. The third-order valence-corrected chi connectivity index (χ3v) is 4.34. The molecule has 1 aliphatic heterocycles. The summed E-state index contributed by atoms with van der Waals surface area (Å²) in [7, 11) is 0. The Labute approximate surface area is 150 Å². The van der Waals surface area contributed by atoms with Gasteiger partial charge in [0.25, 0.3) is 0 Å². The number of hydrazone groups is 1. The predicted octanol–water partition coefficient (Wildman–Crippen LogP) is 4.42. The van der Waals surface area contributed by atoms with Crippen LogP contribution in [-0.4, -0.2) is 16.6 Å². The quantitative estimate of drug-likeness (QED) is 0.705. The number of anilines is 1. The third kappa shape index (κ3) is 3.24. The van der Waals surface area contributed by atoms with Crippen molar-refractivity contribution in [3.63, 3.8) is 0 Å². The lowest BCUT2D eigenvalue weighted by atomic mass is 9.99. The van der Waals surface area contributed by atoms with E-state index < -0.39 is 0 Å². The molecule has 0 saturated heterocycles. The first-order valence-electron chi connectivity index (χ1n) is 8.37. The molecular weight excluding hydrogens is 329 g/mol. The topological polar surface area (TPSA) is 45.6 Å². The van der Waals surface area contributed by atoms with Crippen molar-refractivity contribution < 1.29 is 9.18 Å². The van der Waals surface area contributed by atoms with Gasteiger partial charge in [-0.25, -0.2) is 9.40 Å². The summed E-state index contributed by atoms with van der Waals surface area (Å²) < 4.78 is 13.1. The fraction of sp³-hybridized carbons (Fsp3) is 0.0952. The van der Waals surface area contributed by atoms with Gasteiger partial charge in [-0.3, -0.25) is 9.78 Å². The molecule has 0 spiro atoms. The number of pyridine rings is 1. The van der Waals surface area contributed by atoms with Gasteiger partial charge in [0.1, 0.15) is 5.82 Å². The summed E-state index contributed by atoms with van der Waals surface area (Å²) >= 11 is 0. The monoisotopic (exact) mass is 345 g/mol.